The molecule has 0 saturated carbocycles. The average Bonchev–Trinajstić information content (AvgIpc) is 3.46. The van der Waals surface area contributed by atoms with Gasteiger partial charge in [-0.2, -0.15) is 0 Å². The summed E-state index contributed by atoms with van der Waals surface area (Å²) in [5, 5.41) is 4.34. The Morgan fingerprint density at radius 3 is 2.41 bits per heavy atom. The molecule has 5 rings (SSSR count). The van der Waals surface area contributed by atoms with E-state index in [0.29, 0.717) is 24.3 Å². The van der Waals surface area contributed by atoms with Crippen LogP contribution in [0.5, 0.6) is 5.75 Å². The van der Waals surface area contributed by atoms with Gasteiger partial charge in [-0.25, -0.2) is 0 Å². The van der Waals surface area contributed by atoms with Crippen LogP contribution in [-0.2, 0) is 23.2 Å². The van der Waals surface area contributed by atoms with Crippen molar-refractivity contribution in [3.8, 4) is 5.75 Å². The van der Waals surface area contributed by atoms with Gasteiger partial charge in [-0.3, -0.25) is 14.9 Å². The molecule has 7 heteroatoms. The van der Waals surface area contributed by atoms with E-state index in [4.69, 9.17) is 10.5 Å². The minimum atomic E-state index is -0.383. The van der Waals surface area contributed by atoms with Gasteiger partial charge in [0.05, 0.1) is 17.8 Å². The van der Waals surface area contributed by atoms with Crippen molar-refractivity contribution in [1.82, 2.24) is 14.5 Å². The molecule has 1 aliphatic rings. The number of benzene rings is 2. The van der Waals surface area contributed by atoms with Crippen LogP contribution in [0.25, 0.3) is 33.0 Å². The van der Waals surface area contributed by atoms with Gasteiger partial charge >= 0.3 is 0 Å². The molecule has 7 nitrogen and oxygen atoms in total. The monoisotopic (exact) mass is 456 g/mol. The van der Waals surface area contributed by atoms with Crippen molar-refractivity contribution < 1.29 is 14.3 Å². The summed E-state index contributed by atoms with van der Waals surface area (Å²) in [5.41, 5.74) is 9.98. The third-order valence-electron chi connectivity index (χ3n) is 6.30. The van der Waals surface area contributed by atoms with E-state index in [0.717, 1.165) is 58.1 Å². The molecule has 0 aliphatic carbocycles. The molecular weight excluding hydrogens is 428 g/mol. The highest BCUT2D eigenvalue weighted by Crippen LogP contribution is 2.39. The lowest BCUT2D eigenvalue weighted by atomic mass is 9.95. The molecule has 2 aromatic heterocycles. The van der Waals surface area contributed by atoms with Gasteiger partial charge in [0.25, 0.3) is 11.8 Å². The van der Waals surface area contributed by atoms with Gasteiger partial charge < -0.3 is 19.6 Å². The highest BCUT2D eigenvalue weighted by molar-refractivity contribution is 6.50. The van der Waals surface area contributed by atoms with Gasteiger partial charge in [-0.05, 0) is 43.7 Å². The van der Waals surface area contributed by atoms with Crippen molar-refractivity contribution in [1.29, 1.82) is 0 Å². The first-order valence-corrected chi connectivity index (χ1v) is 11.6. The van der Waals surface area contributed by atoms with Crippen LogP contribution in [0.1, 0.15) is 30.9 Å². The highest BCUT2D eigenvalue weighted by atomic mass is 16.5. The molecular formula is C27H28N4O3. The lowest BCUT2D eigenvalue weighted by molar-refractivity contribution is -0.122. The predicted octanol–water partition coefficient (Wildman–Crippen LogP) is 3.84. The topological polar surface area (TPSA) is 91.3 Å². The fourth-order valence-electron chi connectivity index (χ4n) is 4.74. The zero-order chi connectivity index (χ0) is 23.8. The number of nitrogens with one attached hydrogen (secondary N) is 1. The number of imide groups is 1. The third-order valence-corrected chi connectivity index (χ3v) is 6.30. The number of nitrogens with zero attached hydrogens (tertiary/aromatic N) is 2. The number of carbonyl (C=O) groups excluding carboxylic acids is 2. The van der Waals surface area contributed by atoms with Crippen LogP contribution >= 0.6 is 0 Å². The van der Waals surface area contributed by atoms with Crippen molar-refractivity contribution in [2.45, 2.75) is 26.3 Å². The molecule has 4 aromatic rings. The number of hydrogen-bond donors (Lipinski definition) is 2. The quantitative estimate of drug-likeness (QED) is 0.394. The molecule has 3 N–H and O–H groups in total. The number of amides is 2. The smallest absolute Gasteiger partial charge is 0.259 e. The maximum absolute atomic E-state index is 13.1. The number of para-hydroxylation sites is 1. The number of aryl methyl sites for hydroxylation is 2. The van der Waals surface area contributed by atoms with Crippen LogP contribution in [-0.4, -0.2) is 34.1 Å². The van der Waals surface area contributed by atoms with Gasteiger partial charge in [0.2, 0.25) is 0 Å². The number of fused-ring (bicyclic) bond motifs is 2. The molecule has 0 radical (unpaired) electrons. The lowest BCUT2D eigenvalue weighted by Crippen LogP contribution is -2.22. The molecule has 0 spiro atoms. The molecule has 3 heterocycles. The molecule has 0 saturated heterocycles. The molecule has 174 valence electrons. The zero-order valence-corrected chi connectivity index (χ0v) is 19.4. The maximum atomic E-state index is 13.1. The fourth-order valence-corrected chi connectivity index (χ4v) is 4.74. The average molecular weight is 457 g/mol. The van der Waals surface area contributed by atoms with E-state index in [1.54, 1.807) is 0 Å². The zero-order valence-electron chi connectivity index (χ0n) is 19.4. The Bertz CT molecular complexity index is 1460. The van der Waals surface area contributed by atoms with E-state index >= 15 is 0 Å². The Labute approximate surface area is 197 Å². The minimum absolute atomic E-state index is 0.378. The first-order chi connectivity index (χ1) is 16.5. The van der Waals surface area contributed by atoms with Crippen LogP contribution < -0.4 is 15.8 Å². The van der Waals surface area contributed by atoms with Gasteiger partial charge in [-0.1, -0.05) is 25.1 Å². The van der Waals surface area contributed by atoms with Crippen molar-refractivity contribution in [2.75, 3.05) is 13.2 Å². The SMILES string of the molecule is CCCOc1ccc2c(c1)c(C1=C(c3cn(CCCN)c4ccccc34)C(=O)NC1=O)cn2C. The van der Waals surface area contributed by atoms with E-state index in [1.165, 1.54) is 0 Å². The summed E-state index contributed by atoms with van der Waals surface area (Å²) in [6.07, 6.45) is 5.60. The second-order valence-electron chi connectivity index (χ2n) is 8.61. The predicted molar refractivity (Wildman–Crippen MR) is 134 cm³/mol. The summed E-state index contributed by atoms with van der Waals surface area (Å²) in [6, 6.07) is 13.8. The summed E-state index contributed by atoms with van der Waals surface area (Å²) in [7, 11) is 1.94. The number of hydrogen-bond acceptors (Lipinski definition) is 4. The number of aromatic nitrogens is 2. The second-order valence-corrected chi connectivity index (χ2v) is 8.61. The van der Waals surface area contributed by atoms with Gasteiger partial charge in [-0.15, -0.1) is 0 Å². The van der Waals surface area contributed by atoms with Crippen molar-refractivity contribution in [3.05, 3.63) is 66.0 Å². The van der Waals surface area contributed by atoms with E-state index < -0.39 is 0 Å². The molecule has 0 bridgehead atoms. The Balaban J connectivity index is 1.75. The third kappa shape index (κ3) is 3.58. The normalized spacial score (nSPS) is 14.0. The Kier molecular flexibility index (Phi) is 5.71. The first kappa shape index (κ1) is 22.0. The van der Waals surface area contributed by atoms with Crippen LogP contribution in [0.2, 0.25) is 0 Å². The van der Waals surface area contributed by atoms with Gasteiger partial charge in [0, 0.05) is 58.9 Å². The molecule has 1 aliphatic heterocycles. The molecule has 0 unspecified atom stereocenters. The van der Waals surface area contributed by atoms with Gasteiger partial charge in [0.15, 0.2) is 0 Å². The number of nitrogens with two attached hydrogens (primary N) is 1. The largest absolute Gasteiger partial charge is 0.494 e. The van der Waals surface area contributed by atoms with Gasteiger partial charge in [0.1, 0.15) is 5.75 Å². The minimum Gasteiger partial charge on any atom is -0.494 e. The fraction of sp³-hybridized carbons (Fsp3) is 0.259. The summed E-state index contributed by atoms with van der Waals surface area (Å²) in [4.78, 5) is 26.3. The van der Waals surface area contributed by atoms with E-state index in [9.17, 15) is 9.59 Å². The highest BCUT2D eigenvalue weighted by Gasteiger charge is 2.35. The maximum Gasteiger partial charge on any atom is 0.259 e. The van der Waals surface area contributed by atoms with E-state index in [-0.39, 0.29) is 11.8 Å². The van der Waals surface area contributed by atoms with Crippen LogP contribution in [0.3, 0.4) is 0 Å². The van der Waals surface area contributed by atoms with E-state index in [1.807, 2.05) is 66.5 Å². The summed E-state index contributed by atoms with van der Waals surface area (Å²) >= 11 is 0. The number of rotatable bonds is 8. The van der Waals surface area contributed by atoms with Crippen molar-refractivity contribution in [3.63, 3.8) is 0 Å². The Hall–Kier alpha value is -3.84. The number of ether oxygens (including phenoxy) is 1. The van der Waals surface area contributed by atoms with Crippen molar-refractivity contribution >= 4 is 44.8 Å². The van der Waals surface area contributed by atoms with Crippen molar-refractivity contribution in [2.24, 2.45) is 12.8 Å². The molecule has 0 atom stereocenters. The summed E-state index contributed by atoms with van der Waals surface area (Å²) in [6.45, 7) is 3.99. The van der Waals surface area contributed by atoms with Crippen LogP contribution in [0, 0.1) is 0 Å². The van der Waals surface area contributed by atoms with Crippen LogP contribution in [0.15, 0.2) is 54.9 Å². The summed E-state index contributed by atoms with van der Waals surface area (Å²) < 4.78 is 9.92. The Morgan fingerprint density at radius 2 is 1.68 bits per heavy atom. The molecule has 2 amide bonds. The van der Waals surface area contributed by atoms with Crippen LogP contribution in [0.4, 0.5) is 0 Å². The molecule has 34 heavy (non-hydrogen) atoms. The molecule has 2 aromatic carbocycles. The number of carbonyl (C=O) groups is 2. The standard InChI is InChI=1S/C27H28N4O3/c1-3-13-34-17-9-10-22-19(14-17)20(15-30(22)2)24-25(27(33)29-26(24)32)21-16-31(12-6-11-28)23-8-5-4-7-18(21)23/h4-5,7-10,14-16H,3,6,11-13,28H2,1-2H3,(H,29,32,33). The first-order valence-electron chi connectivity index (χ1n) is 11.6. The Morgan fingerprint density at radius 1 is 0.941 bits per heavy atom. The summed E-state index contributed by atoms with van der Waals surface area (Å²) in [5.74, 6) is -0.0182. The molecule has 0 fully saturated rings. The lowest BCUT2D eigenvalue weighted by Gasteiger charge is -2.06. The van der Waals surface area contributed by atoms with E-state index in [2.05, 4.69) is 16.8 Å². The second kappa shape index (κ2) is 8.83.